The minimum Gasteiger partial charge on any atom is -0.468 e. The molecule has 1 aromatic carbocycles. The number of carbonyl (C=O) groups is 3. The molecule has 0 spiro atoms. The van der Waals surface area contributed by atoms with E-state index in [0.29, 0.717) is 23.3 Å². The van der Waals surface area contributed by atoms with Crippen molar-refractivity contribution in [1.82, 2.24) is 5.32 Å². The van der Waals surface area contributed by atoms with Crippen LogP contribution in [0.5, 0.6) is 0 Å². The van der Waals surface area contributed by atoms with Crippen LogP contribution in [0, 0.1) is 18.8 Å². The number of ether oxygens (including phenoxy) is 2. The fourth-order valence-electron chi connectivity index (χ4n) is 5.75. The summed E-state index contributed by atoms with van der Waals surface area (Å²) in [5.74, 6) is -2.83. The topological polar surface area (TPSA) is 81.7 Å². The third-order valence-electron chi connectivity index (χ3n) is 7.54. The summed E-state index contributed by atoms with van der Waals surface area (Å²) in [6.07, 6.45) is 6.62. The van der Waals surface area contributed by atoms with Crippen LogP contribution in [0.1, 0.15) is 75.8 Å². The second kappa shape index (κ2) is 10.2. The Morgan fingerprint density at radius 2 is 1.71 bits per heavy atom. The molecule has 0 aromatic heterocycles. The highest BCUT2D eigenvalue weighted by atomic mass is 16.5. The molecule has 34 heavy (non-hydrogen) atoms. The lowest BCUT2D eigenvalue weighted by molar-refractivity contribution is -0.151. The normalized spacial score (nSPS) is 25.9. The highest BCUT2D eigenvalue weighted by Crippen LogP contribution is 2.46. The fraction of sp³-hybridized carbons (Fsp3) is 0.536. The highest BCUT2D eigenvalue weighted by Gasteiger charge is 2.47. The molecule has 2 aliphatic carbocycles. The van der Waals surface area contributed by atoms with Crippen molar-refractivity contribution in [2.75, 3.05) is 7.11 Å². The maximum Gasteiger partial charge on any atom is 0.337 e. The van der Waals surface area contributed by atoms with E-state index in [-0.39, 0.29) is 23.8 Å². The maximum atomic E-state index is 13.8. The number of aryl methyl sites for hydroxylation is 1. The van der Waals surface area contributed by atoms with E-state index in [1.807, 2.05) is 45.0 Å². The molecule has 182 valence electrons. The van der Waals surface area contributed by atoms with Gasteiger partial charge in [-0.05, 0) is 63.0 Å². The minimum absolute atomic E-state index is 0.104. The van der Waals surface area contributed by atoms with Gasteiger partial charge in [-0.1, -0.05) is 44.0 Å². The summed E-state index contributed by atoms with van der Waals surface area (Å²) in [4.78, 5) is 40.0. The summed E-state index contributed by atoms with van der Waals surface area (Å²) < 4.78 is 11.0. The number of Topliss-reactive ketones (excluding diaryl/α,β-unsaturated/α-hetero) is 1. The monoisotopic (exact) mass is 465 g/mol. The first-order valence-corrected chi connectivity index (χ1v) is 12.4. The SMILES string of the molecule is COC(=O)[C@@H]1C(=O)C2=C(C[C@H]1C)NC(C)=C(C(=O)OC1CCCCCC1)[C@@H]2c1ccccc1C. The van der Waals surface area contributed by atoms with Crippen molar-refractivity contribution in [3.8, 4) is 0 Å². The smallest absolute Gasteiger partial charge is 0.337 e. The zero-order valence-corrected chi connectivity index (χ0v) is 20.6. The summed E-state index contributed by atoms with van der Waals surface area (Å²) in [5, 5.41) is 3.34. The molecule has 6 heteroatoms. The second-order valence-corrected chi connectivity index (χ2v) is 9.91. The number of nitrogens with one attached hydrogen (secondary N) is 1. The average Bonchev–Trinajstić information content (AvgIpc) is 3.06. The summed E-state index contributed by atoms with van der Waals surface area (Å²) >= 11 is 0. The Kier molecular flexibility index (Phi) is 7.24. The number of benzene rings is 1. The first kappa shape index (κ1) is 24.2. The number of ketones is 1. The summed E-state index contributed by atoms with van der Waals surface area (Å²) in [6, 6.07) is 7.80. The third kappa shape index (κ3) is 4.55. The number of esters is 2. The lowest BCUT2D eigenvalue weighted by Crippen LogP contribution is -2.43. The molecule has 0 amide bonds. The molecule has 0 radical (unpaired) electrons. The Hall–Kier alpha value is -2.89. The van der Waals surface area contributed by atoms with Crippen LogP contribution in [0.4, 0.5) is 0 Å². The molecule has 3 atom stereocenters. The van der Waals surface area contributed by atoms with Gasteiger partial charge in [0.25, 0.3) is 0 Å². The zero-order valence-electron chi connectivity index (χ0n) is 20.6. The number of allylic oxidation sites excluding steroid dienone is 3. The van der Waals surface area contributed by atoms with Crippen molar-refractivity contribution in [2.24, 2.45) is 11.8 Å². The minimum atomic E-state index is -0.880. The van der Waals surface area contributed by atoms with Crippen molar-refractivity contribution >= 4 is 17.7 Å². The van der Waals surface area contributed by atoms with Gasteiger partial charge in [-0.3, -0.25) is 9.59 Å². The predicted octanol–water partition coefficient (Wildman–Crippen LogP) is 4.87. The number of methoxy groups -OCH3 is 1. The predicted molar refractivity (Wildman–Crippen MR) is 129 cm³/mol. The van der Waals surface area contributed by atoms with Crippen molar-refractivity contribution in [2.45, 2.75) is 77.7 Å². The van der Waals surface area contributed by atoms with E-state index in [9.17, 15) is 14.4 Å². The average molecular weight is 466 g/mol. The fourth-order valence-corrected chi connectivity index (χ4v) is 5.75. The quantitative estimate of drug-likeness (QED) is 0.388. The number of hydrogen-bond acceptors (Lipinski definition) is 6. The molecule has 3 aliphatic rings. The summed E-state index contributed by atoms with van der Waals surface area (Å²) in [6.45, 7) is 5.75. The Morgan fingerprint density at radius 3 is 2.35 bits per heavy atom. The van der Waals surface area contributed by atoms with Crippen molar-refractivity contribution in [3.05, 3.63) is 57.9 Å². The number of carbonyl (C=O) groups excluding carboxylic acids is 3. The van der Waals surface area contributed by atoms with Gasteiger partial charge in [-0.15, -0.1) is 0 Å². The molecule has 4 rings (SSSR count). The Bertz CT molecular complexity index is 1040. The molecule has 6 nitrogen and oxygen atoms in total. The van der Waals surface area contributed by atoms with E-state index in [2.05, 4.69) is 5.32 Å². The van der Waals surface area contributed by atoms with E-state index < -0.39 is 17.8 Å². The number of rotatable bonds is 4. The molecule has 1 aromatic rings. The van der Waals surface area contributed by atoms with Gasteiger partial charge >= 0.3 is 11.9 Å². The van der Waals surface area contributed by atoms with Crippen LogP contribution in [0.25, 0.3) is 0 Å². The number of hydrogen-bond donors (Lipinski definition) is 1. The van der Waals surface area contributed by atoms with E-state index in [1.165, 1.54) is 20.0 Å². The second-order valence-electron chi connectivity index (χ2n) is 9.91. The largest absolute Gasteiger partial charge is 0.468 e. The van der Waals surface area contributed by atoms with E-state index in [1.54, 1.807) is 0 Å². The van der Waals surface area contributed by atoms with Gasteiger partial charge in [-0.2, -0.15) is 0 Å². The van der Waals surface area contributed by atoms with Crippen LogP contribution in [0.15, 0.2) is 46.8 Å². The summed E-state index contributed by atoms with van der Waals surface area (Å²) in [5.41, 5.74) is 4.31. The first-order valence-electron chi connectivity index (χ1n) is 12.4. The van der Waals surface area contributed by atoms with Crippen LogP contribution < -0.4 is 5.32 Å². The van der Waals surface area contributed by atoms with Crippen molar-refractivity contribution in [3.63, 3.8) is 0 Å². The van der Waals surface area contributed by atoms with E-state index in [0.717, 1.165) is 42.5 Å². The molecular weight excluding hydrogens is 430 g/mol. The zero-order chi connectivity index (χ0) is 24.4. The molecule has 1 saturated carbocycles. The molecule has 1 aliphatic heterocycles. The Morgan fingerprint density at radius 1 is 1.03 bits per heavy atom. The van der Waals surface area contributed by atoms with Gasteiger partial charge in [0.15, 0.2) is 5.78 Å². The molecule has 1 N–H and O–H groups in total. The van der Waals surface area contributed by atoms with Gasteiger partial charge in [0, 0.05) is 22.9 Å². The first-order chi connectivity index (χ1) is 16.3. The van der Waals surface area contributed by atoms with Gasteiger partial charge in [0.05, 0.1) is 12.7 Å². The summed E-state index contributed by atoms with van der Waals surface area (Å²) in [7, 11) is 1.31. The standard InChI is InChI=1S/C28H35NO5/c1-16-11-9-10-14-20(16)24-23(28(32)34-19-12-7-5-6-8-13-19)18(3)29-21-15-17(2)22(27(31)33-4)26(30)25(21)24/h9-11,14,17,19,22,24,29H,5-8,12-13,15H2,1-4H3/t17-,22+,24+/m1/s1. The third-order valence-corrected chi connectivity index (χ3v) is 7.54. The van der Waals surface area contributed by atoms with Crippen LogP contribution in [0.2, 0.25) is 0 Å². The lowest BCUT2D eigenvalue weighted by atomic mass is 9.68. The van der Waals surface area contributed by atoms with Gasteiger partial charge in [0.2, 0.25) is 0 Å². The molecule has 1 fully saturated rings. The van der Waals surface area contributed by atoms with Crippen LogP contribution in [0.3, 0.4) is 0 Å². The van der Waals surface area contributed by atoms with Gasteiger partial charge in [0.1, 0.15) is 12.0 Å². The van der Waals surface area contributed by atoms with Crippen LogP contribution >= 0.6 is 0 Å². The molecule has 0 bridgehead atoms. The molecular formula is C28H35NO5. The molecule has 0 saturated heterocycles. The van der Waals surface area contributed by atoms with Crippen molar-refractivity contribution < 1.29 is 23.9 Å². The molecule has 0 unspecified atom stereocenters. The Labute approximate surface area is 201 Å². The highest BCUT2D eigenvalue weighted by molar-refractivity contribution is 6.12. The van der Waals surface area contributed by atoms with Crippen LogP contribution in [-0.4, -0.2) is 30.9 Å². The van der Waals surface area contributed by atoms with Crippen LogP contribution in [-0.2, 0) is 23.9 Å². The van der Waals surface area contributed by atoms with Gasteiger partial charge < -0.3 is 14.8 Å². The number of dihydropyridines is 1. The Balaban J connectivity index is 1.78. The lowest BCUT2D eigenvalue weighted by Gasteiger charge is -2.38. The molecule has 1 heterocycles. The van der Waals surface area contributed by atoms with Gasteiger partial charge in [-0.25, -0.2) is 4.79 Å². The maximum absolute atomic E-state index is 13.8. The van der Waals surface area contributed by atoms with E-state index >= 15 is 0 Å². The van der Waals surface area contributed by atoms with Crippen molar-refractivity contribution in [1.29, 1.82) is 0 Å². The van der Waals surface area contributed by atoms with E-state index in [4.69, 9.17) is 9.47 Å².